The highest BCUT2D eigenvalue weighted by Gasteiger charge is 2.17. The van der Waals surface area contributed by atoms with Crippen LogP contribution in [0.2, 0.25) is 0 Å². The largest absolute Gasteiger partial charge is 0.329 e. The van der Waals surface area contributed by atoms with Crippen molar-refractivity contribution in [1.82, 2.24) is 19.6 Å². The first-order valence-corrected chi connectivity index (χ1v) is 7.75. The fraction of sp³-hybridized carbons (Fsp3) is 0.105. The van der Waals surface area contributed by atoms with Gasteiger partial charge in [0.25, 0.3) is 5.78 Å². The Bertz CT molecular complexity index is 1140. The van der Waals surface area contributed by atoms with E-state index in [1.807, 2.05) is 60.5 Å². The molecular formula is C19H14FN5. The molecule has 0 saturated heterocycles. The van der Waals surface area contributed by atoms with E-state index in [9.17, 15) is 4.39 Å². The molecule has 0 N–H and O–H groups in total. The second kappa shape index (κ2) is 5.87. The molecule has 2 aromatic carbocycles. The number of hydrogen-bond donors (Lipinski definition) is 0. The number of fused-ring (bicyclic) bond motifs is 3. The molecule has 0 spiro atoms. The maximum Gasteiger partial charge on any atom is 0.315 e. The van der Waals surface area contributed by atoms with Crippen LogP contribution in [0.3, 0.4) is 0 Å². The standard InChI is InChI=1S/C19H14FN5/c1-3-7-13-10-11-15-16(12-13)25-18(20)22-23-19(25)21-17(15)24(2)14-8-5-4-6-9-14/h4-6,8-12H,1-2H3. The van der Waals surface area contributed by atoms with E-state index >= 15 is 0 Å². The van der Waals surface area contributed by atoms with Gasteiger partial charge in [0.15, 0.2) is 0 Å². The molecule has 122 valence electrons. The highest BCUT2D eigenvalue weighted by Crippen LogP contribution is 2.30. The van der Waals surface area contributed by atoms with Crippen molar-refractivity contribution in [3.63, 3.8) is 0 Å². The molecule has 4 aromatic rings. The van der Waals surface area contributed by atoms with E-state index in [1.165, 1.54) is 4.40 Å². The Morgan fingerprint density at radius 3 is 2.64 bits per heavy atom. The number of nitrogens with zero attached hydrogens (tertiary/aromatic N) is 5. The van der Waals surface area contributed by atoms with Gasteiger partial charge >= 0.3 is 6.08 Å². The van der Waals surface area contributed by atoms with Crippen molar-refractivity contribution in [2.45, 2.75) is 6.92 Å². The topological polar surface area (TPSA) is 46.3 Å². The van der Waals surface area contributed by atoms with Crippen LogP contribution in [0.25, 0.3) is 16.7 Å². The van der Waals surface area contributed by atoms with Crippen molar-refractivity contribution in [2.24, 2.45) is 0 Å². The number of rotatable bonds is 2. The average Bonchev–Trinajstić information content (AvgIpc) is 3.02. The number of para-hydroxylation sites is 1. The summed E-state index contributed by atoms with van der Waals surface area (Å²) in [5.41, 5.74) is 2.40. The maximum absolute atomic E-state index is 14.1. The zero-order valence-corrected chi connectivity index (χ0v) is 13.7. The second-order valence-electron chi connectivity index (χ2n) is 5.54. The molecular weight excluding hydrogens is 317 g/mol. The molecule has 2 aromatic heterocycles. The smallest absolute Gasteiger partial charge is 0.315 e. The Morgan fingerprint density at radius 2 is 1.88 bits per heavy atom. The van der Waals surface area contributed by atoms with E-state index in [-0.39, 0.29) is 5.78 Å². The van der Waals surface area contributed by atoms with Crippen molar-refractivity contribution in [2.75, 3.05) is 11.9 Å². The predicted octanol–water partition coefficient (Wildman–Crippen LogP) is 3.56. The first-order chi connectivity index (χ1) is 12.2. The lowest BCUT2D eigenvalue weighted by Gasteiger charge is -2.20. The number of aromatic nitrogens is 4. The minimum Gasteiger partial charge on any atom is -0.329 e. The Labute approximate surface area is 143 Å². The van der Waals surface area contributed by atoms with Crippen LogP contribution < -0.4 is 4.90 Å². The summed E-state index contributed by atoms with van der Waals surface area (Å²) < 4.78 is 15.5. The van der Waals surface area contributed by atoms with Gasteiger partial charge in [-0.15, -0.1) is 11.0 Å². The van der Waals surface area contributed by atoms with E-state index in [2.05, 4.69) is 27.0 Å². The lowest BCUT2D eigenvalue weighted by Crippen LogP contribution is -2.13. The van der Waals surface area contributed by atoms with Gasteiger partial charge in [-0.3, -0.25) is 0 Å². The van der Waals surface area contributed by atoms with Crippen molar-refractivity contribution in [3.8, 4) is 11.8 Å². The lowest BCUT2D eigenvalue weighted by atomic mass is 10.1. The molecule has 0 amide bonds. The summed E-state index contributed by atoms with van der Waals surface area (Å²) in [5, 5.41) is 8.16. The van der Waals surface area contributed by atoms with Crippen molar-refractivity contribution in [3.05, 3.63) is 60.2 Å². The van der Waals surface area contributed by atoms with Crippen LogP contribution in [0.1, 0.15) is 12.5 Å². The quantitative estimate of drug-likeness (QED) is 0.527. The molecule has 0 atom stereocenters. The maximum atomic E-state index is 14.1. The van der Waals surface area contributed by atoms with Crippen molar-refractivity contribution >= 4 is 28.2 Å². The second-order valence-corrected chi connectivity index (χ2v) is 5.54. The van der Waals surface area contributed by atoms with Gasteiger partial charge in [0, 0.05) is 23.7 Å². The average molecular weight is 331 g/mol. The van der Waals surface area contributed by atoms with Gasteiger partial charge in [-0.25, -0.2) is 4.40 Å². The van der Waals surface area contributed by atoms with Gasteiger partial charge in [0.2, 0.25) is 0 Å². The lowest BCUT2D eigenvalue weighted by molar-refractivity contribution is 0.532. The van der Waals surface area contributed by atoms with Crippen LogP contribution in [0.4, 0.5) is 15.9 Å². The van der Waals surface area contributed by atoms with E-state index in [0.29, 0.717) is 11.3 Å². The molecule has 0 unspecified atom stereocenters. The summed E-state index contributed by atoms with van der Waals surface area (Å²) in [6.07, 6.45) is -0.692. The minimum atomic E-state index is -0.692. The van der Waals surface area contributed by atoms with E-state index < -0.39 is 6.08 Å². The monoisotopic (exact) mass is 331 g/mol. The van der Waals surface area contributed by atoms with Gasteiger partial charge in [0.05, 0.1) is 5.52 Å². The zero-order valence-electron chi connectivity index (χ0n) is 13.7. The van der Waals surface area contributed by atoms with Gasteiger partial charge in [-0.1, -0.05) is 29.2 Å². The first kappa shape index (κ1) is 15.1. The number of hydrogen-bond acceptors (Lipinski definition) is 4. The Hall–Kier alpha value is -3.46. The third-order valence-corrected chi connectivity index (χ3v) is 4.02. The van der Waals surface area contributed by atoms with Gasteiger partial charge < -0.3 is 4.90 Å². The molecule has 0 bridgehead atoms. The number of halogens is 1. The third kappa shape index (κ3) is 2.46. The van der Waals surface area contributed by atoms with Crippen LogP contribution in [0.5, 0.6) is 0 Å². The summed E-state index contributed by atoms with van der Waals surface area (Å²) in [4.78, 5) is 6.46. The summed E-state index contributed by atoms with van der Waals surface area (Å²) >= 11 is 0. The van der Waals surface area contributed by atoms with Crippen molar-refractivity contribution < 1.29 is 4.39 Å². The Kier molecular flexibility index (Phi) is 3.55. The van der Waals surface area contributed by atoms with Crippen LogP contribution in [-0.2, 0) is 0 Å². The van der Waals surface area contributed by atoms with E-state index in [1.54, 1.807) is 6.92 Å². The molecule has 0 saturated carbocycles. The molecule has 5 nitrogen and oxygen atoms in total. The normalized spacial score (nSPS) is 10.7. The van der Waals surface area contributed by atoms with E-state index in [4.69, 9.17) is 0 Å². The van der Waals surface area contributed by atoms with Crippen LogP contribution in [-0.4, -0.2) is 26.6 Å². The zero-order chi connectivity index (χ0) is 17.4. The number of anilines is 2. The Balaban J connectivity index is 2.05. The fourth-order valence-electron chi connectivity index (χ4n) is 2.85. The first-order valence-electron chi connectivity index (χ1n) is 7.75. The summed E-state index contributed by atoms with van der Waals surface area (Å²) in [6, 6.07) is 15.5. The minimum absolute atomic E-state index is 0.212. The molecule has 2 heterocycles. The molecule has 4 rings (SSSR count). The van der Waals surface area contributed by atoms with Gasteiger partial charge in [-0.2, -0.15) is 9.37 Å². The summed E-state index contributed by atoms with van der Waals surface area (Å²) in [5.74, 6) is 6.74. The number of benzene rings is 2. The van der Waals surface area contributed by atoms with Crippen LogP contribution in [0.15, 0.2) is 48.5 Å². The molecule has 0 radical (unpaired) electrons. The molecule has 0 aliphatic heterocycles. The van der Waals surface area contributed by atoms with E-state index in [0.717, 1.165) is 16.6 Å². The summed E-state index contributed by atoms with van der Waals surface area (Å²) in [7, 11) is 1.92. The molecule has 0 aliphatic carbocycles. The third-order valence-electron chi connectivity index (χ3n) is 4.02. The molecule has 0 aliphatic rings. The summed E-state index contributed by atoms with van der Waals surface area (Å²) in [6.45, 7) is 1.76. The van der Waals surface area contributed by atoms with Crippen LogP contribution >= 0.6 is 0 Å². The molecule has 6 heteroatoms. The predicted molar refractivity (Wildman–Crippen MR) is 95.3 cm³/mol. The highest BCUT2D eigenvalue weighted by molar-refractivity contribution is 5.94. The Morgan fingerprint density at radius 1 is 1.08 bits per heavy atom. The van der Waals surface area contributed by atoms with Gasteiger partial charge in [-0.05, 0) is 37.3 Å². The highest BCUT2D eigenvalue weighted by atomic mass is 19.1. The van der Waals surface area contributed by atoms with Crippen LogP contribution in [0, 0.1) is 17.9 Å². The molecule has 25 heavy (non-hydrogen) atoms. The van der Waals surface area contributed by atoms with Crippen molar-refractivity contribution in [1.29, 1.82) is 0 Å². The fourth-order valence-corrected chi connectivity index (χ4v) is 2.85. The molecule has 0 fully saturated rings. The van der Waals surface area contributed by atoms with Gasteiger partial charge in [0.1, 0.15) is 5.82 Å². The SMILES string of the molecule is CC#Cc1ccc2c(N(C)c3ccccc3)nc3nnc(F)n3c2c1.